The van der Waals surface area contributed by atoms with Gasteiger partial charge in [-0.3, -0.25) is 4.98 Å². The molecule has 1 N–H and O–H groups in total. The van der Waals surface area contributed by atoms with Gasteiger partial charge in [-0.25, -0.2) is 4.79 Å². The summed E-state index contributed by atoms with van der Waals surface area (Å²) in [4.78, 5) is 15.9. The number of hydrogen-bond donors (Lipinski definition) is 1. The summed E-state index contributed by atoms with van der Waals surface area (Å²) in [6.45, 7) is 4.02. The molecule has 0 bridgehead atoms. The van der Waals surface area contributed by atoms with Gasteiger partial charge in [0.15, 0.2) is 0 Å². The maximum Gasteiger partial charge on any atom is 0.336 e. The molecule has 0 saturated carbocycles. The number of nitrogens with zero attached hydrogens (tertiary/aromatic N) is 1. The molecule has 0 radical (unpaired) electrons. The minimum absolute atomic E-state index is 0.146. The normalized spacial score (nSPS) is 12.6. The van der Waals surface area contributed by atoms with Crippen LogP contribution in [0.25, 0.3) is 10.9 Å². The second-order valence-electron chi connectivity index (χ2n) is 4.46. The number of aromatic nitrogens is 1. The molecule has 3 nitrogen and oxygen atoms in total. The van der Waals surface area contributed by atoms with Gasteiger partial charge in [-0.2, -0.15) is 0 Å². The highest BCUT2D eigenvalue weighted by Gasteiger charge is 2.18. The largest absolute Gasteiger partial charge is 0.478 e. The lowest BCUT2D eigenvalue weighted by molar-refractivity contribution is 0.0699. The molecular formula is C14H13Cl2NO2. The van der Waals surface area contributed by atoms with Crippen molar-refractivity contribution in [3.63, 3.8) is 0 Å². The average molecular weight is 298 g/mol. The maximum absolute atomic E-state index is 11.4. The zero-order valence-electron chi connectivity index (χ0n) is 10.6. The Kier molecular flexibility index (Phi) is 3.97. The summed E-state index contributed by atoms with van der Waals surface area (Å²) in [5.41, 5.74) is 1.31. The average Bonchev–Trinajstić information content (AvgIpc) is 2.40. The number of pyridine rings is 1. The van der Waals surface area contributed by atoms with Crippen molar-refractivity contribution in [2.75, 3.05) is 0 Å². The first-order valence-corrected chi connectivity index (χ1v) is 6.73. The molecule has 1 aromatic heterocycles. The van der Waals surface area contributed by atoms with Crippen molar-refractivity contribution in [1.82, 2.24) is 4.98 Å². The number of benzene rings is 1. The third-order valence-electron chi connectivity index (χ3n) is 3.23. The van der Waals surface area contributed by atoms with E-state index in [2.05, 4.69) is 4.98 Å². The highest BCUT2D eigenvalue weighted by molar-refractivity contribution is 6.40. The number of hydrogen-bond acceptors (Lipinski definition) is 2. The van der Waals surface area contributed by atoms with Gasteiger partial charge in [-0.1, -0.05) is 37.0 Å². The van der Waals surface area contributed by atoms with Crippen LogP contribution in [0.3, 0.4) is 0 Å². The molecule has 0 fully saturated rings. The number of carboxylic acids is 1. The molecule has 1 heterocycles. The van der Waals surface area contributed by atoms with Crippen molar-refractivity contribution in [3.05, 3.63) is 39.5 Å². The smallest absolute Gasteiger partial charge is 0.336 e. The van der Waals surface area contributed by atoms with Crippen LogP contribution in [-0.2, 0) is 0 Å². The van der Waals surface area contributed by atoms with E-state index in [9.17, 15) is 9.90 Å². The number of rotatable bonds is 3. The lowest BCUT2D eigenvalue weighted by Gasteiger charge is -2.13. The van der Waals surface area contributed by atoms with Crippen molar-refractivity contribution in [2.24, 2.45) is 0 Å². The van der Waals surface area contributed by atoms with E-state index in [1.165, 1.54) is 0 Å². The van der Waals surface area contributed by atoms with Crippen LogP contribution in [0.15, 0.2) is 18.2 Å². The van der Waals surface area contributed by atoms with E-state index in [0.717, 1.165) is 12.1 Å². The van der Waals surface area contributed by atoms with Crippen molar-refractivity contribution in [1.29, 1.82) is 0 Å². The van der Waals surface area contributed by atoms with Crippen LogP contribution in [0.2, 0.25) is 10.0 Å². The van der Waals surface area contributed by atoms with Gasteiger partial charge in [0.2, 0.25) is 0 Å². The second kappa shape index (κ2) is 5.35. The molecule has 5 heteroatoms. The summed E-state index contributed by atoms with van der Waals surface area (Å²) in [5, 5.41) is 10.5. The molecule has 1 unspecified atom stereocenters. The third-order valence-corrected chi connectivity index (χ3v) is 3.85. The van der Waals surface area contributed by atoms with Gasteiger partial charge in [0.05, 0.1) is 21.1 Å². The molecule has 0 aliphatic carbocycles. The SMILES string of the molecule is CCC(C)c1cc(C(=O)O)c2c(Cl)ccc(Cl)c2n1. The first-order chi connectivity index (χ1) is 8.95. The first-order valence-electron chi connectivity index (χ1n) is 5.97. The summed E-state index contributed by atoms with van der Waals surface area (Å²) in [6, 6.07) is 4.80. The maximum atomic E-state index is 11.4. The van der Waals surface area contributed by atoms with Gasteiger partial charge < -0.3 is 5.11 Å². The third kappa shape index (κ3) is 2.53. The van der Waals surface area contributed by atoms with Crippen molar-refractivity contribution >= 4 is 40.1 Å². The Morgan fingerprint density at radius 1 is 1.37 bits per heavy atom. The topological polar surface area (TPSA) is 50.2 Å². The Morgan fingerprint density at radius 3 is 2.58 bits per heavy atom. The van der Waals surface area contributed by atoms with Crippen LogP contribution in [0.5, 0.6) is 0 Å². The fourth-order valence-corrected chi connectivity index (χ4v) is 2.37. The summed E-state index contributed by atoms with van der Waals surface area (Å²) < 4.78 is 0. The van der Waals surface area contributed by atoms with E-state index in [1.807, 2.05) is 13.8 Å². The molecule has 100 valence electrons. The van der Waals surface area contributed by atoms with Crippen molar-refractivity contribution < 1.29 is 9.90 Å². The zero-order valence-corrected chi connectivity index (χ0v) is 12.1. The molecule has 1 atom stereocenters. The number of fused-ring (bicyclic) bond motifs is 1. The van der Waals surface area contributed by atoms with E-state index in [1.54, 1.807) is 18.2 Å². The van der Waals surface area contributed by atoms with Crippen molar-refractivity contribution in [2.45, 2.75) is 26.2 Å². The van der Waals surface area contributed by atoms with Crippen molar-refractivity contribution in [3.8, 4) is 0 Å². The van der Waals surface area contributed by atoms with Gasteiger partial charge in [0, 0.05) is 11.1 Å². The highest BCUT2D eigenvalue weighted by atomic mass is 35.5. The Balaban J connectivity index is 2.87. The monoisotopic (exact) mass is 297 g/mol. The molecule has 0 saturated heterocycles. The molecule has 2 aromatic rings. The molecule has 0 aliphatic heterocycles. The Morgan fingerprint density at radius 2 is 2.00 bits per heavy atom. The van der Waals surface area contributed by atoms with Crippen LogP contribution >= 0.6 is 23.2 Å². The van der Waals surface area contributed by atoms with Crippen LogP contribution < -0.4 is 0 Å². The van der Waals surface area contributed by atoms with Crippen LogP contribution in [0.4, 0.5) is 0 Å². The molecule has 19 heavy (non-hydrogen) atoms. The van der Waals surface area contributed by atoms with E-state index < -0.39 is 5.97 Å². The van der Waals surface area contributed by atoms with Gasteiger partial charge in [-0.05, 0) is 30.5 Å². The molecule has 2 rings (SSSR count). The second-order valence-corrected chi connectivity index (χ2v) is 5.28. The highest BCUT2D eigenvalue weighted by Crippen LogP contribution is 2.33. The molecule has 0 amide bonds. The molecule has 0 aliphatic rings. The van der Waals surface area contributed by atoms with E-state index >= 15 is 0 Å². The van der Waals surface area contributed by atoms with Crippen LogP contribution in [0.1, 0.15) is 42.2 Å². The van der Waals surface area contributed by atoms with Gasteiger partial charge in [-0.15, -0.1) is 0 Å². The summed E-state index contributed by atoms with van der Waals surface area (Å²) in [5.74, 6) is -0.862. The quantitative estimate of drug-likeness (QED) is 0.889. The predicted molar refractivity (Wildman–Crippen MR) is 77.4 cm³/mol. The fourth-order valence-electron chi connectivity index (χ4n) is 1.92. The number of carboxylic acid groups (broad SMARTS) is 1. The zero-order chi connectivity index (χ0) is 14.2. The first kappa shape index (κ1) is 14.1. The van der Waals surface area contributed by atoms with Crippen LogP contribution in [0, 0.1) is 0 Å². The Labute approximate surface area is 121 Å². The summed E-state index contributed by atoms with van der Waals surface area (Å²) in [7, 11) is 0. The minimum atomic E-state index is -1.03. The van der Waals surface area contributed by atoms with Crippen LogP contribution in [-0.4, -0.2) is 16.1 Å². The van der Waals surface area contributed by atoms with E-state index in [0.29, 0.717) is 20.9 Å². The minimum Gasteiger partial charge on any atom is -0.478 e. The fraction of sp³-hybridized carbons (Fsp3) is 0.286. The Hall–Kier alpha value is -1.32. The number of aromatic carboxylic acids is 1. The van der Waals surface area contributed by atoms with E-state index in [4.69, 9.17) is 23.2 Å². The molecular weight excluding hydrogens is 285 g/mol. The number of carbonyl (C=O) groups is 1. The standard InChI is InChI=1S/C14H13Cl2NO2/c1-3-7(2)11-6-8(14(18)19)12-9(15)4-5-10(16)13(12)17-11/h4-7H,3H2,1-2H3,(H,18,19). The Bertz CT molecular complexity index is 655. The van der Waals surface area contributed by atoms with Gasteiger partial charge >= 0.3 is 5.97 Å². The van der Waals surface area contributed by atoms with Gasteiger partial charge in [0.25, 0.3) is 0 Å². The predicted octanol–water partition coefficient (Wildman–Crippen LogP) is 4.75. The summed E-state index contributed by atoms with van der Waals surface area (Å²) >= 11 is 12.2. The van der Waals surface area contributed by atoms with Gasteiger partial charge in [0.1, 0.15) is 0 Å². The lowest BCUT2D eigenvalue weighted by Crippen LogP contribution is -2.04. The number of halogens is 2. The molecule has 1 aromatic carbocycles. The van der Waals surface area contributed by atoms with E-state index in [-0.39, 0.29) is 11.5 Å². The summed E-state index contributed by atoms with van der Waals surface area (Å²) in [6.07, 6.45) is 0.871. The lowest BCUT2D eigenvalue weighted by atomic mass is 10.00. The molecule has 0 spiro atoms.